The Morgan fingerprint density at radius 3 is 2.62 bits per heavy atom. The molecule has 5 atom stereocenters. The van der Waals surface area contributed by atoms with Crippen LogP contribution >= 0.6 is 0 Å². The van der Waals surface area contributed by atoms with E-state index in [0.29, 0.717) is 30.9 Å². The molecule has 1 saturated carbocycles. The summed E-state index contributed by atoms with van der Waals surface area (Å²) in [7, 11) is 0. The molecule has 260 valence electrons. The van der Waals surface area contributed by atoms with Gasteiger partial charge in [0.05, 0.1) is 18.7 Å². The highest BCUT2D eigenvalue weighted by molar-refractivity contribution is 6.07. The van der Waals surface area contributed by atoms with Crippen molar-refractivity contribution in [1.29, 1.82) is 0 Å². The summed E-state index contributed by atoms with van der Waals surface area (Å²) < 4.78 is 17.1. The molecule has 1 aliphatic carbocycles. The molecule has 4 aromatic rings. The Morgan fingerprint density at radius 2 is 1.84 bits per heavy atom. The summed E-state index contributed by atoms with van der Waals surface area (Å²) in [6, 6.07) is 15.2. The highest BCUT2D eigenvalue weighted by Crippen LogP contribution is 2.46. The summed E-state index contributed by atoms with van der Waals surface area (Å²) in [5.41, 5.74) is -0.372. The Hall–Kier alpha value is -5.26. The van der Waals surface area contributed by atoms with E-state index >= 15 is 0 Å². The third-order valence-electron chi connectivity index (χ3n) is 9.90. The number of benzene rings is 2. The van der Waals surface area contributed by atoms with Gasteiger partial charge in [-0.2, -0.15) is 0 Å². The average molecular weight is 680 g/mol. The molecule has 0 spiro atoms. The Kier molecular flexibility index (Phi) is 9.26. The number of para-hydroxylation sites is 1. The van der Waals surface area contributed by atoms with Crippen molar-refractivity contribution in [1.82, 2.24) is 25.7 Å². The van der Waals surface area contributed by atoms with Crippen LogP contribution in [-0.2, 0) is 19.1 Å². The van der Waals surface area contributed by atoms with Crippen LogP contribution in [0.4, 0.5) is 0 Å². The Bertz CT molecular complexity index is 1970. The van der Waals surface area contributed by atoms with Gasteiger partial charge in [-0.05, 0) is 57.0 Å². The Balaban J connectivity index is 1.22. The maximum Gasteiger partial charge on any atom is 0.332 e. The molecule has 0 bridgehead atoms. The van der Waals surface area contributed by atoms with Gasteiger partial charge >= 0.3 is 5.97 Å². The number of fused-ring (bicyclic) bond motifs is 5. The van der Waals surface area contributed by atoms with Crippen molar-refractivity contribution < 1.29 is 33.2 Å². The van der Waals surface area contributed by atoms with Crippen LogP contribution in [0.2, 0.25) is 0 Å². The molecule has 2 aromatic carbocycles. The normalized spacial score (nSPS) is 25.6. The van der Waals surface area contributed by atoms with Crippen LogP contribution in [0.5, 0.6) is 5.88 Å². The smallest absolute Gasteiger partial charge is 0.332 e. The minimum Gasteiger partial charge on any atom is -0.472 e. The van der Waals surface area contributed by atoms with Gasteiger partial charge in [-0.3, -0.25) is 14.4 Å². The van der Waals surface area contributed by atoms with E-state index < -0.39 is 47.4 Å². The fourth-order valence-electron chi connectivity index (χ4n) is 7.22. The van der Waals surface area contributed by atoms with Gasteiger partial charge in [-0.1, -0.05) is 66.5 Å². The van der Waals surface area contributed by atoms with Crippen molar-refractivity contribution in [3.05, 3.63) is 78.2 Å². The standard InChI is InChI=1S/C38H41N5O7/c1-3-48-37(47)38-21-24(38)13-7-5-4-6-8-18-30(39-33(44)31-19-23(2)50-42-31)36(46)43-22-25(20-32(43)34(45)41-38)49-35-28-16-10-9-14-26(28)27-15-11-12-17-29(27)40-35/h7,9-17,19,24-25,30,32H,3-6,8,18,20-22H2,1-2H3,(H,39,44)(H,41,45)/t24-,25-,30+,32+,38-/m1/s1. The number of esters is 1. The molecule has 3 aliphatic rings. The number of hydrogen-bond acceptors (Lipinski definition) is 9. The van der Waals surface area contributed by atoms with Gasteiger partial charge in [-0.25, -0.2) is 9.78 Å². The van der Waals surface area contributed by atoms with Crippen molar-refractivity contribution in [2.75, 3.05) is 13.2 Å². The number of carbonyl (C=O) groups is 4. The lowest BCUT2D eigenvalue weighted by atomic mass is 10.0. The second-order valence-electron chi connectivity index (χ2n) is 13.4. The number of allylic oxidation sites excluding steroid dienone is 1. The quantitative estimate of drug-likeness (QED) is 0.166. The number of hydrogen-bond donors (Lipinski definition) is 2. The first-order valence-corrected chi connectivity index (χ1v) is 17.4. The van der Waals surface area contributed by atoms with Crippen molar-refractivity contribution >= 4 is 45.4 Å². The molecule has 12 heteroatoms. The first-order valence-electron chi connectivity index (χ1n) is 17.4. The number of amides is 3. The number of aromatic nitrogens is 2. The van der Waals surface area contributed by atoms with E-state index in [2.05, 4.69) is 15.8 Å². The number of ether oxygens (including phenoxy) is 2. The van der Waals surface area contributed by atoms with E-state index in [-0.39, 0.29) is 31.2 Å². The second-order valence-corrected chi connectivity index (χ2v) is 13.4. The van der Waals surface area contributed by atoms with Crippen LogP contribution < -0.4 is 15.4 Å². The van der Waals surface area contributed by atoms with Crippen LogP contribution in [0.25, 0.3) is 21.7 Å². The van der Waals surface area contributed by atoms with E-state index in [1.54, 1.807) is 13.8 Å². The molecule has 50 heavy (non-hydrogen) atoms. The summed E-state index contributed by atoms with van der Waals surface area (Å²) in [6.45, 7) is 3.66. The molecular weight excluding hydrogens is 638 g/mol. The molecule has 2 fully saturated rings. The maximum absolute atomic E-state index is 14.5. The van der Waals surface area contributed by atoms with E-state index in [4.69, 9.17) is 19.0 Å². The zero-order valence-electron chi connectivity index (χ0n) is 28.2. The number of carbonyl (C=O) groups excluding carboxylic acids is 4. The molecule has 1 saturated heterocycles. The van der Waals surface area contributed by atoms with Crippen LogP contribution in [0.15, 0.2) is 71.3 Å². The van der Waals surface area contributed by atoms with Crippen LogP contribution in [0.1, 0.15) is 68.1 Å². The van der Waals surface area contributed by atoms with E-state index in [0.717, 1.165) is 40.9 Å². The number of pyridine rings is 1. The van der Waals surface area contributed by atoms with Crippen molar-refractivity contribution in [3.8, 4) is 5.88 Å². The summed E-state index contributed by atoms with van der Waals surface area (Å²) in [5, 5.41) is 12.5. The molecule has 12 nitrogen and oxygen atoms in total. The van der Waals surface area contributed by atoms with Crippen molar-refractivity contribution in [2.24, 2.45) is 5.92 Å². The lowest BCUT2D eigenvalue weighted by Gasteiger charge is -2.29. The van der Waals surface area contributed by atoms with E-state index in [1.165, 1.54) is 11.0 Å². The lowest BCUT2D eigenvalue weighted by Crippen LogP contribution is -2.56. The Labute approximate surface area is 289 Å². The second kappa shape index (κ2) is 13.9. The lowest BCUT2D eigenvalue weighted by molar-refractivity contribution is -0.150. The summed E-state index contributed by atoms with van der Waals surface area (Å²) in [6.07, 6.45) is 7.53. The van der Waals surface area contributed by atoms with Gasteiger partial charge in [0.15, 0.2) is 5.69 Å². The first-order chi connectivity index (χ1) is 24.3. The molecular formula is C38H41N5O7. The fraction of sp³-hybridized carbons (Fsp3) is 0.421. The Morgan fingerprint density at radius 1 is 1.06 bits per heavy atom. The van der Waals surface area contributed by atoms with Gasteiger partial charge in [0.2, 0.25) is 17.7 Å². The topological polar surface area (TPSA) is 153 Å². The molecule has 2 aliphatic heterocycles. The van der Waals surface area contributed by atoms with Gasteiger partial charge < -0.3 is 29.5 Å². The summed E-state index contributed by atoms with van der Waals surface area (Å²) >= 11 is 0. The molecule has 3 amide bonds. The van der Waals surface area contributed by atoms with E-state index in [1.807, 2.05) is 60.7 Å². The predicted molar refractivity (Wildman–Crippen MR) is 184 cm³/mol. The average Bonchev–Trinajstić information content (AvgIpc) is 3.39. The predicted octanol–water partition coefficient (Wildman–Crippen LogP) is 4.79. The minimum absolute atomic E-state index is 0.0682. The van der Waals surface area contributed by atoms with Crippen LogP contribution in [0.3, 0.4) is 0 Å². The first kappa shape index (κ1) is 33.2. The van der Waals surface area contributed by atoms with Crippen molar-refractivity contribution in [3.63, 3.8) is 0 Å². The van der Waals surface area contributed by atoms with Gasteiger partial charge in [0, 0.05) is 29.2 Å². The number of rotatable bonds is 6. The number of nitrogens with one attached hydrogen (secondary N) is 2. The number of aryl methyl sites for hydroxylation is 1. The summed E-state index contributed by atoms with van der Waals surface area (Å²) in [4.78, 5) is 61.6. The third-order valence-corrected chi connectivity index (χ3v) is 9.90. The zero-order chi connectivity index (χ0) is 34.8. The van der Waals surface area contributed by atoms with Crippen LogP contribution in [-0.4, -0.2) is 75.6 Å². The maximum atomic E-state index is 14.5. The van der Waals surface area contributed by atoms with Gasteiger partial charge in [-0.15, -0.1) is 0 Å². The summed E-state index contributed by atoms with van der Waals surface area (Å²) in [5.74, 6) is -1.25. The zero-order valence-corrected chi connectivity index (χ0v) is 28.2. The minimum atomic E-state index is -1.20. The third kappa shape index (κ3) is 6.54. The van der Waals surface area contributed by atoms with Gasteiger partial charge in [0.1, 0.15) is 29.5 Å². The molecule has 0 radical (unpaired) electrons. The number of nitrogens with zero attached hydrogens (tertiary/aromatic N) is 3. The van der Waals surface area contributed by atoms with E-state index in [9.17, 15) is 19.2 Å². The largest absolute Gasteiger partial charge is 0.472 e. The molecule has 2 N–H and O–H groups in total. The van der Waals surface area contributed by atoms with Gasteiger partial charge in [0.25, 0.3) is 5.91 Å². The monoisotopic (exact) mass is 679 g/mol. The highest BCUT2D eigenvalue weighted by Gasteiger charge is 2.62. The molecule has 2 aromatic heterocycles. The van der Waals surface area contributed by atoms with Crippen molar-refractivity contribution in [2.45, 2.75) is 82.5 Å². The molecule has 7 rings (SSSR count). The molecule has 0 unspecified atom stereocenters. The fourth-order valence-corrected chi connectivity index (χ4v) is 7.22. The highest BCUT2D eigenvalue weighted by atomic mass is 16.5. The SMILES string of the molecule is CCOC(=O)[C@@]12C[C@H]1C=CCCCCC[C@H](NC(=O)c1cc(C)on1)C(=O)N1C[C@H](Oc3nc4ccccc4c4ccccc34)C[C@H]1C(=O)N2. The van der Waals surface area contributed by atoms with Crippen LogP contribution in [0, 0.1) is 12.8 Å². The molecule has 4 heterocycles.